The number of aryl methyl sites for hydroxylation is 1. The summed E-state index contributed by atoms with van der Waals surface area (Å²) in [5.41, 5.74) is 2.48. The Morgan fingerprint density at radius 2 is 2.00 bits per heavy atom. The van der Waals surface area contributed by atoms with Crippen LogP contribution in [-0.2, 0) is 0 Å². The first-order valence-electron chi connectivity index (χ1n) is 5.99. The van der Waals surface area contributed by atoms with E-state index in [9.17, 15) is 4.39 Å². The number of rotatable bonds is 2. The van der Waals surface area contributed by atoms with E-state index in [1.54, 1.807) is 0 Å². The van der Waals surface area contributed by atoms with Gasteiger partial charge in [0.15, 0.2) is 0 Å². The van der Waals surface area contributed by atoms with E-state index < -0.39 is 5.82 Å². The van der Waals surface area contributed by atoms with Crippen molar-refractivity contribution in [2.75, 3.05) is 0 Å². The minimum absolute atomic E-state index is 0.240. The first-order chi connectivity index (χ1) is 9.63. The van der Waals surface area contributed by atoms with Gasteiger partial charge in [0.2, 0.25) is 5.82 Å². The molecule has 0 N–H and O–H groups in total. The van der Waals surface area contributed by atoms with Gasteiger partial charge in [0.05, 0.1) is 10.6 Å². The molecule has 0 fully saturated rings. The van der Waals surface area contributed by atoms with Crippen molar-refractivity contribution in [1.29, 1.82) is 0 Å². The van der Waals surface area contributed by atoms with Crippen LogP contribution in [0.25, 0.3) is 22.8 Å². The first kappa shape index (κ1) is 12.8. The van der Waals surface area contributed by atoms with E-state index in [0.717, 1.165) is 11.1 Å². The summed E-state index contributed by atoms with van der Waals surface area (Å²) in [7, 11) is 0. The summed E-state index contributed by atoms with van der Waals surface area (Å²) in [5.74, 6) is 0.341. The molecule has 5 heteroatoms. The molecule has 0 radical (unpaired) electrons. The van der Waals surface area contributed by atoms with Crippen LogP contribution in [0.1, 0.15) is 5.56 Å². The standard InChI is InChI=1S/C15H10ClFN2O/c1-9-3-2-4-10(7-9)14-18-15(20-19-14)12-6-5-11(17)8-13(12)16/h2-8H,1H3. The molecule has 0 atom stereocenters. The molecule has 0 unspecified atom stereocenters. The monoisotopic (exact) mass is 288 g/mol. The number of hydrogen-bond donors (Lipinski definition) is 0. The third-order valence-electron chi connectivity index (χ3n) is 2.86. The number of nitrogens with zero attached hydrogens (tertiary/aromatic N) is 2. The van der Waals surface area contributed by atoms with Crippen LogP contribution in [0.5, 0.6) is 0 Å². The molecular formula is C15H10ClFN2O. The van der Waals surface area contributed by atoms with Gasteiger partial charge >= 0.3 is 0 Å². The van der Waals surface area contributed by atoms with Crippen molar-refractivity contribution in [3.05, 3.63) is 58.9 Å². The lowest BCUT2D eigenvalue weighted by atomic mass is 10.1. The number of benzene rings is 2. The second-order valence-corrected chi connectivity index (χ2v) is 4.82. The van der Waals surface area contributed by atoms with Crippen LogP contribution in [0.2, 0.25) is 5.02 Å². The lowest BCUT2D eigenvalue weighted by Gasteiger charge is -1.98. The molecule has 1 aromatic heterocycles. The fraction of sp³-hybridized carbons (Fsp3) is 0.0667. The zero-order chi connectivity index (χ0) is 14.1. The van der Waals surface area contributed by atoms with Crippen LogP contribution in [0.4, 0.5) is 4.39 Å². The van der Waals surface area contributed by atoms with Crippen molar-refractivity contribution in [2.45, 2.75) is 6.92 Å². The highest BCUT2D eigenvalue weighted by Crippen LogP contribution is 2.29. The zero-order valence-corrected chi connectivity index (χ0v) is 11.4. The predicted molar refractivity (Wildman–Crippen MR) is 74.9 cm³/mol. The van der Waals surface area contributed by atoms with E-state index in [1.807, 2.05) is 31.2 Å². The maximum Gasteiger partial charge on any atom is 0.259 e. The molecule has 0 saturated heterocycles. The second-order valence-electron chi connectivity index (χ2n) is 4.42. The van der Waals surface area contributed by atoms with Crippen molar-refractivity contribution in [1.82, 2.24) is 10.1 Å². The van der Waals surface area contributed by atoms with Gasteiger partial charge in [-0.05, 0) is 31.2 Å². The third-order valence-corrected chi connectivity index (χ3v) is 3.18. The smallest absolute Gasteiger partial charge is 0.259 e. The van der Waals surface area contributed by atoms with Crippen molar-refractivity contribution in [3.63, 3.8) is 0 Å². The van der Waals surface area contributed by atoms with Gasteiger partial charge in [-0.1, -0.05) is 40.5 Å². The minimum Gasteiger partial charge on any atom is -0.334 e. The molecular weight excluding hydrogens is 279 g/mol. The average molecular weight is 289 g/mol. The fourth-order valence-electron chi connectivity index (χ4n) is 1.90. The van der Waals surface area contributed by atoms with Crippen molar-refractivity contribution < 1.29 is 8.91 Å². The van der Waals surface area contributed by atoms with E-state index in [4.69, 9.17) is 16.1 Å². The van der Waals surface area contributed by atoms with E-state index in [1.165, 1.54) is 18.2 Å². The number of halogens is 2. The Morgan fingerprint density at radius 3 is 2.75 bits per heavy atom. The molecule has 0 amide bonds. The molecule has 20 heavy (non-hydrogen) atoms. The molecule has 3 aromatic rings. The van der Waals surface area contributed by atoms with Crippen LogP contribution in [0.3, 0.4) is 0 Å². The minimum atomic E-state index is -0.405. The Balaban J connectivity index is 2.02. The second kappa shape index (κ2) is 5.06. The third kappa shape index (κ3) is 2.42. The Kier molecular flexibility index (Phi) is 3.24. The van der Waals surface area contributed by atoms with Gasteiger partial charge in [0, 0.05) is 5.56 Å². The SMILES string of the molecule is Cc1cccc(-c2noc(-c3ccc(F)cc3Cl)n2)c1. The van der Waals surface area contributed by atoms with Crippen molar-refractivity contribution in [2.24, 2.45) is 0 Å². The summed E-state index contributed by atoms with van der Waals surface area (Å²) in [6, 6.07) is 11.8. The molecule has 3 nitrogen and oxygen atoms in total. The highest BCUT2D eigenvalue weighted by molar-refractivity contribution is 6.33. The Bertz CT molecular complexity index is 770. The average Bonchev–Trinajstić information content (AvgIpc) is 2.88. The maximum absolute atomic E-state index is 13.0. The molecule has 3 rings (SSSR count). The summed E-state index contributed by atoms with van der Waals surface area (Å²) in [4.78, 5) is 4.30. The summed E-state index contributed by atoms with van der Waals surface area (Å²) in [6.07, 6.45) is 0. The van der Waals surface area contributed by atoms with E-state index in [2.05, 4.69) is 10.1 Å². The Morgan fingerprint density at radius 1 is 1.15 bits per heavy atom. The van der Waals surface area contributed by atoms with E-state index >= 15 is 0 Å². The quantitative estimate of drug-likeness (QED) is 0.696. The molecule has 0 aliphatic rings. The number of aromatic nitrogens is 2. The first-order valence-corrected chi connectivity index (χ1v) is 6.37. The highest BCUT2D eigenvalue weighted by Gasteiger charge is 2.13. The molecule has 0 aliphatic carbocycles. The molecule has 0 bridgehead atoms. The Hall–Kier alpha value is -2.20. The predicted octanol–water partition coefficient (Wildman–Crippen LogP) is 4.50. The molecule has 0 aliphatic heterocycles. The number of hydrogen-bond acceptors (Lipinski definition) is 3. The van der Waals surface area contributed by atoms with Gasteiger partial charge in [-0.3, -0.25) is 0 Å². The lowest BCUT2D eigenvalue weighted by Crippen LogP contribution is -1.84. The van der Waals surface area contributed by atoms with Crippen LogP contribution in [0.15, 0.2) is 47.0 Å². The maximum atomic E-state index is 13.0. The molecule has 0 saturated carbocycles. The largest absolute Gasteiger partial charge is 0.334 e. The van der Waals surface area contributed by atoms with Crippen molar-refractivity contribution >= 4 is 11.6 Å². The summed E-state index contributed by atoms with van der Waals surface area (Å²) < 4.78 is 18.2. The highest BCUT2D eigenvalue weighted by atomic mass is 35.5. The molecule has 1 heterocycles. The summed E-state index contributed by atoms with van der Waals surface area (Å²) >= 11 is 5.98. The van der Waals surface area contributed by atoms with Crippen molar-refractivity contribution in [3.8, 4) is 22.8 Å². The topological polar surface area (TPSA) is 38.9 Å². The normalized spacial score (nSPS) is 10.8. The van der Waals surface area contributed by atoms with E-state index in [0.29, 0.717) is 11.4 Å². The van der Waals surface area contributed by atoms with Gasteiger partial charge in [-0.25, -0.2) is 4.39 Å². The van der Waals surface area contributed by atoms with Gasteiger partial charge in [0.1, 0.15) is 5.82 Å². The van der Waals surface area contributed by atoms with E-state index in [-0.39, 0.29) is 10.9 Å². The Labute approximate surface area is 120 Å². The summed E-state index contributed by atoms with van der Waals surface area (Å²) in [6.45, 7) is 1.99. The van der Waals surface area contributed by atoms with Crippen LogP contribution in [-0.4, -0.2) is 10.1 Å². The fourth-order valence-corrected chi connectivity index (χ4v) is 2.15. The zero-order valence-electron chi connectivity index (χ0n) is 10.6. The lowest BCUT2D eigenvalue weighted by molar-refractivity contribution is 0.432. The van der Waals surface area contributed by atoms with Gasteiger partial charge in [-0.2, -0.15) is 4.98 Å². The van der Waals surface area contributed by atoms with Crippen LogP contribution < -0.4 is 0 Å². The van der Waals surface area contributed by atoms with Crippen LogP contribution >= 0.6 is 11.6 Å². The summed E-state index contributed by atoms with van der Waals surface area (Å²) in [5, 5.41) is 4.17. The van der Waals surface area contributed by atoms with Gasteiger partial charge in [0.25, 0.3) is 5.89 Å². The van der Waals surface area contributed by atoms with Gasteiger partial charge < -0.3 is 4.52 Å². The van der Waals surface area contributed by atoms with Crippen LogP contribution in [0, 0.1) is 12.7 Å². The molecule has 0 spiro atoms. The molecule has 2 aromatic carbocycles. The molecule has 100 valence electrons. The van der Waals surface area contributed by atoms with Gasteiger partial charge in [-0.15, -0.1) is 0 Å².